The number of carbonyl (C=O) groups excluding carboxylic acids is 2. The summed E-state index contributed by atoms with van der Waals surface area (Å²) >= 11 is 0. The van der Waals surface area contributed by atoms with Crippen LogP contribution in [-0.2, 0) is 4.79 Å². The number of carbonyl (C=O) groups is 2. The highest BCUT2D eigenvalue weighted by Crippen LogP contribution is 2.33. The molecule has 0 saturated carbocycles. The molecule has 0 bridgehead atoms. The molecule has 2 amide bonds. The van der Waals surface area contributed by atoms with Gasteiger partial charge in [-0.15, -0.1) is 0 Å². The average Bonchev–Trinajstić information content (AvgIpc) is 3.25. The van der Waals surface area contributed by atoms with Gasteiger partial charge in [-0.3, -0.25) is 9.59 Å². The maximum Gasteiger partial charge on any atom is 0.262 e. The molecule has 3 aromatic rings. The van der Waals surface area contributed by atoms with E-state index in [1.165, 1.54) is 36.3 Å². The second-order valence-corrected chi connectivity index (χ2v) is 8.04. The van der Waals surface area contributed by atoms with Gasteiger partial charge in [-0.25, -0.2) is 13.8 Å². The van der Waals surface area contributed by atoms with Crippen LogP contribution in [0.5, 0.6) is 0 Å². The minimum atomic E-state index is -0.652. The highest BCUT2D eigenvalue weighted by atomic mass is 19.1. The minimum Gasteiger partial charge on any atom is -0.332 e. The Morgan fingerprint density at radius 3 is 2.27 bits per heavy atom. The molecule has 0 N–H and O–H groups in total. The van der Waals surface area contributed by atoms with Gasteiger partial charge in [0.2, 0.25) is 0 Å². The number of nitrogens with zero attached hydrogens (tertiary/aromatic N) is 3. The molecule has 4 rings (SSSR count). The van der Waals surface area contributed by atoms with Gasteiger partial charge in [0.25, 0.3) is 11.8 Å². The SMILES string of the molecule is Cc1ccc([C@H]2CC(c3ccccc3F)=NN2C(=O)CN(C)C(=O)c2ccccc2F)cc1. The molecule has 1 heterocycles. The van der Waals surface area contributed by atoms with Crippen molar-refractivity contribution < 1.29 is 18.4 Å². The second-order valence-electron chi connectivity index (χ2n) is 8.04. The van der Waals surface area contributed by atoms with Crippen molar-refractivity contribution >= 4 is 17.5 Å². The maximum atomic E-state index is 14.4. The zero-order valence-corrected chi connectivity index (χ0v) is 18.3. The molecular formula is C26H23F2N3O2. The first kappa shape index (κ1) is 22.3. The van der Waals surface area contributed by atoms with E-state index >= 15 is 0 Å². The number of hydrazone groups is 1. The molecule has 0 aliphatic carbocycles. The quantitative estimate of drug-likeness (QED) is 0.568. The Morgan fingerprint density at radius 1 is 0.970 bits per heavy atom. The Bertz CT molecular complexity index is 1220. The number of amides is 2. The third-order valence-electron chi connectivity index (χ3n) is 5.64. The van der Waals surface area contributed by atoms with Crippen LogP contribution in [0.3, 0.4) is 0 Å². The van der Waals surface area contributed by atoms with Crippen LogP contribution in [0.25, 0.3) is 0 Å². The van der Waals surface area contributed by atoms with Crippen LogP contribution in [0.15, 0.2) is 77.9 Å². The average molecular weight is 447 g/mol. The van der Waals surface area contributed by atoms with Crippen LogP contribution in [0.2, 0.25) is 0 Å². The molecule has 168 valence electrons. The topological polar surface area (TPSA) is 53.0 Å². The molecule has 1 aliphatic heterocycles. The van der Waals surface area contributed by atoms with Gasteiger partial charge < -0.3 is 4.90 Å². The fraction of sp³-hybridized carbons (Fsp3) is 0.192. The molecule has 33 heavy (non-hydrogen) atoms. The summed E-state index contributed by atoms with van der Waals surface area (Å²) < 4.78 is 28.5. The third kappa shape index (κ3) is 4.67. The number of likely N-dealkylation sites (N-methyl/N-ethyl adjacent to an activating group) is 1. The molecule has 3 aromatic carbocycles. The van der Waals surface area contributed by atoms with E-state index in [0.29, 0.717) is 17.7 Å². The predicted molar refractivity (Wildman–Crippen MR) is 122 cm³/mol. The van der Waals surface area contributed by atoms with Crippen LogP contribution in [0, 0.1) is 18.6 Å². The lowest BCUT2D eigenvalue weighted by molar-refractivity contribution is -0.133. The van der Waals surface area contributed by atoms with Gasteiger partial charge in [0, 0.05) is 19.0 Å². The predicted octanol–water partition coefficient (Wildman–Crippen LogP) is 4.72. The van der Waals surface area contributed by atoms with E-state index in [0.717, 1.165) is 16.0 Å². The molecule has 0 saturated heterocycles. The van der Waals surface area contributed by atoms with Crippen molar-refractivity contribution in [1.82, 2.24) is 9.91 Å². The molecule has 0 spiro atoms. The van der Waals surface area contributed by atoms with Gasteiger partial charge in [-0.2, -0.15) is 5.10 Å². The molecule has 0 unspecified atom stereocenters. The van der Waals surface area contributed by atoms with Crippen LogP contribution >= 0.6 is 0 Å². The van der Waals surface area contributed by atoms with Crippen molar-refractivity contribution in [3.63, 3.8) is 0 Å². The summed E-state index contributed by atoms with van der Waals surface area (Å²) in [4.78, 5) is 27.0. The highest BCUT2D eigenvalue weighted by molar-refractivity contribution is 6.04. The van der Waals surface area contributed by atoms with Gasteiger partial charge in [0.15, 0.2) is 0 Å². The zero-order valence-electron chi connectivity index (χ0n) is 18.3. The zero-order chi connectivity index (χ0) is 23.5. The smallest absolute Gasteiger partial charge is 0.262 e. The summed E-state index contributed by atoms with van der Waals surface area (Å²) in [5.74, 6) is -2.12. The van der Waals surface area contributed by atoms with E-state index in [1.54, 1.807) is 24.3 Å². The van der Waals surface area contributed by atoms with Crippen molar-refractivity contribution in [2.45, 2.75) is 19.4 Å². The van der Waals surface area contributed by atoms with E-state index in [9.17, 15) is 18.4 Å². The van der Waals surface area contributed by atoms with Gasteiger partial charge in [0.05, 0.1) is 17.3 Å². The van der Waals surface area contributed by atoms with E-state index in [-0.39, 0.29) is 12.1 Å². The van der Waals surface area contributed by atoms with Crippen molar-refractivity contribution in [2.24, 2.45) is 5.10 Å². The Morgan fingerprint density at radius 2 is 1.61 bits per heavy atom. The van der Waals surface area contributed by atoms with Crippen molar-refractivity contribution in [3.05, 3.63) is 107 Å². The second kappa shape index (κ2) is 9.32. The van der Waals surface area contributed by atoms with Crippen LogP contribution in [0.1, 0.15) is 39.5 Å². The first-order valence-electron chi connectivity index (χ1n) is 10.6. The van der Waals surface area contributed by atoms with Gasteiger partial charge in [-0.1, -0.05) is 60.2 Å². The Kier molecular flexibility index (Phi) is 6.31. The summed E-state index contributed by atoms with van der Waals surface area (Å²) in [5, 5.41) is 5.75. The monoisotopic (exact) mass is 447 g/mol. The Hall–Kier alpha value is -3.87. The first-order valence-corrected chi connectivity index (χ1v) is 10.6. The van der Waals surface area contributed by atoms with Gasteiger partial charge in [0.1, 0.15) is 18.2 Å². The summed E-state index contributed by atoms with van der Waals surface area (Å²) in [6.07, 6.45) is 0.334. The largest absolute Gasteiger partial charge is 0.332 e. The minimum absolute atomic E-state index is 0.111. The molecule has 7 heteroatoms. The normalized spacial score (nSPS) is 15.3. The van der Waals surface area contributed by atoms with Crippen LogP contribution < -0.4 is 0 Å². The molecule has 1 atom stereocenters. The van der Waals surface area contributed by atoms with Crippen LogP contribution in [-0.4, -0.2) is 41.0 Å². The Labute approximate surface area is 190 Å². The molecule has 0 radical (unpaired) electrons. The van der Waals surface area contributed by atoms with Crippen molar-refractivity contribution in [3.8, 4) is 0 Å². The van der Waals surface area contributed by atoms with E-state index < -0.39 is 29.5 Å². The number of hydrogen-bond donors (Lipinski definition) is 0. The third-order valence-corrected chi connectivity index (χ3v) is 5.64. The summed E-state index contributed by atoms with van der Waals surface area (Å²) in [7, 11) is 1.44. The summed E-state index contributed by atoms with van der Waals surface area (Å²) in [5.41, 5.74) is 2.60. The van der Waals surface area contributed by atoms with Crippen LogP contribution in [0.4, 0.5) is 8.78 Å². The summed E-state index contributed by atoms with van der Waals surface area (Å²) in [6.45, 7) is 1.66. The number of aryl methyl sites for hydroxylation is 1. The molecule has 1 aliphatic rings. The lowest BCUT2D eigenvalue weighted by atomic mass is 9.97. The fourth-order valence-corrected chi connectivity index (χ4v) is 3.83. The number of hydrogen-bond acceptors (Lipinski definition) is 3. The van der Waals surface area contributed by atoms with E-state index in [2.05, 4.69) is 5.10 Å². The van der Waals surface area contributed by atoms with Crippen molar-refractivity contribution in [2.75, 3.05) is 13.6 Å². The number of halogens is 2. The molecule has 0 fully saturated rings. The van der Waals surface area contributed by atoms with Gasteiger partial charge >= 0.3 is 0 Å². The van der Waals surface area contributed by atoms with Crippen molar-refractivity contribution in [1.29, 1.82) is 0 Å². The molecule has 0 aromatic heterocycles. The summed E-state index contributed by atoms with van der Waals surface area (Å²) in [6, 6.07) is 19.2. The fourth-order valence-electron chi connectivity index (χ4n) is 3.83. The maximum absolute atomic E-state index is 14.4. The van der Waals surface area contributed by atoms with Gasteiger partial charge in [-0.05, 0) is 30.7 Å². The Balaban J connectivity index is 1.61. The lowest BCUT2D eigenvalue weighted by Gasteiger charge is -2.25. The molecule has 5 nitrogen and oxygen atoms in total. The van der Waals surface area contributed by atoms with E-state index in [4.69, 9.17) is 0 Å². The van der Waals surface area contributed by atoms with E-state index in [1.807, 2.05) is 31.2 Å². The standard InChI is InChI=1S/C26H23F2N3O2/c1-17-11-13-18(14-12-17)24-15-23(19-7-3-5-9-21(19)27)29-31(24)25(32)16-30(2)26(33)20-8-4-6-10-22(20)28/h3-14,24H,15-16H2,1-2H3/t24-/m1/s1. The first-order chi connectivity index (χ1) is 15.8. The number of benzene rings is 3. The highest BCUT2D eigenvalue weighted by Gasteiger charge is 2.34. The lowest BCUT2D eigenvalue weighted by Crippen LogP contribution is -2.39. The molecular weight excluding hydrogens is 424 g/mol. The number of rotatable bonds is 5.